The fourth-order valence-electron chi connectivity index (χ4n) is 1.23. The van der Waals surface area contributed by atoms with Gasteiger partial charge in [0.15, 0.2) is 6.39 Å². The van der Waals surface area contributed by atoms with Crippen molar-refractivity contribution in [2.24, 2.45) is 0 Å². The Hall–Kier alpha value is -0.970. The van der Waals surface area contributed by atoms with Gasteiger partial charge < -0.3 is 9.73 Å². The zero-order valence-corrected chi connectivity index (χ0v) is 7.84. The van der Waals surface area contributed by atoms with E-state index >= 15 is 0 Å². The van der Waals surface area contributed by atoms with E-state index in [0.29, 0.717) is 6.04 Å². The first-order valence-electron chi connectivity index (χ1n) is 4.13. The van der Waals surface area contributed by atoms with E-state index in [9.17, 15) is 4.79 Å². The molecule has 0 aromatic carbocycles. The lowest BCUT2D eigenvalue weighted by Crippen LogP contribution is -2.34. The SMILES string of the molecule is O=C(NC1CCSC1)c1cnco1. The molecule has 2 rings (SSSR count). The number of aromatic nitrogens is 1. The van der Waals surface area contributed by atoms with Crippen LogP contribution in [0.5, 0.6) is 0 Å². The zero-order chi connectivity index (χ0) is 9.10. The molecule has 1 N–H and O–H groups in total. The average Bonchev–Trinajstić information content (AvgIpc) is 2.74. The third kappa shape index (κ3) is 2.03. The quantitative estimate of drug-likeness (QED) is 0.767. The highest BCUT2D eigenvalue weighted by Gasteiger charge is 2.19. The number of thioether (sulfide) groups is 1. The monoisotopic (exact) mass is 198 g/mol. The Labute approximate surface area is 80.1 Å². The van der Waals surface area contributed by atoms with E-state index in [1.54, 1.807) is 0 Å². The Morgan fingerprint density at radius 3 is 3.31 bits per heavy atom. The van der Waals surface area contributed by atoms with E-state index in [1.807, 2.05) is 11.8 Å². The highest BCUT2D eigenvalue weighted by Crippen LogP contribution is 2.17. The third-order valence-corrected chi connectivity index (χ3v) is 3.08. The molecule has 4 nitrogen and oxygen atoms in total. The topological polar surface area (TPSA) is 55.1 Å². The molecule has 1 aromatic heterocycles. The van der Waals surface area contributed by atoms with Crippen LogP contribution in [-0.2, 0) is 0 Å². The molecule has 1 fully saturated rings. The van der Waals surface area contributed by atoms with Gasteiger partial charge in [0, 0.05) is 11.8 Å². The molecule has 1 amide bonds. The van der Waals surface area contributed by atoms with Crippen molar-refractivity contribution in [3.8, 4) is 0 Å². The van der Waals surface area contributed by atoms with Gasteiger partial charge in [-0.25, -0.2) is 4.98 Å². The van der Waals surface area contributed by atoms with E-state index in [4.69, 9.17) is 4.42 Å². The third-order valence-electron chi connectivity index (χ3n) is 1.92. The van der Waals surface area contributed by atoms with Crippen LogP contribution in [0.25, 0.3) is 0 Å². The smallest absolute Gasteiger partial charge is 0.288 e. The van der Waals surface area contributed by atoms with Gasteiger partial charge in [0.05, 0.1) is 6.20 Å². The first kappa shape index (κ1) is 8.62. The Kier molecular flexibility index (Phi) is 2.54. The molecular weight excluding hydrogens is 188 g/mol. The first-order valence-corrected chi connectivity index (χ1v) is 5.29. The van der Waals surface area contributed by atoms with Crippen molar-refractivity contribution in [3.63, 3.8) is 0 Å². The van der Waals surface area contributed by atoms with Crippen molar-refractivity contribution in [2.75, 3.05) is 11.5 Å². The maximum Gasteiger partial charge on any atom is 0.288 e. The van der Waals surface area contributed by atoms with Crippen LogP contribution in [0.1, 0.15) is 17.0 Å². The maximum absolute atomic E-state index is 11.4. The van der Waals surface area contributed by atoms with Gasteiger partial charge in [-0.1, -0.05) is 0 Å². The number of hydrogen-bond acceptors (Lipinski definition) is 4. The summed E-state index contributed by atoms with van der Waals surface area (Å²) in [7, 11) is 0. The molecule has 1 saturated heterocycles. The van der Waals surface area contributed by atoms with Crippen LogP contribution in [0, 0.1) is 0 Å². The molecule has 0 aliphatic carbocycles. The van der Waals surface area contributed by atoms with E-state index in [2.05, 4.69) is 10.3 Å². The van der Waals surface area contributed by atoms with Crippen LogP contribution < -0.4 is 5.32 Å². The Balaban J connectivity index is 1.91. The number of nitrogens with zero attached hydrogens (tertiary/aromatic N) is 1. The average molecular weight is 198 g/mol. The number of rotatable bonds is 2. The Morgan fingerprint density at radius 1 is 1.77 bits per heavy atom. The Morgan fingerprint density at radius 2 is 2.69 bits per heavy atom. The van der Waals surface area contributed by atoms with Crippen LogP contribution in [0.15, 0.2) is 17.0 Å². The second-order valence-electron chi connectivity index (χ2n) is 2.90. The van der Waals surface area contributed by atoms with Gasteiger partial charge in [-0.2, -0.15) is 11.8 Å². The molecule has 2 heterocycles. The summed E-state index contributed by atoms with van der Waals surface area (Å²) in [6.07, 6.45) is 3.74. The standard InChI is InChI=1S/C8H10N2O2S/c11-8(7-3-9-5-12-7)10-6-1-2-13-4-6/h3,5-6H,1-2,4H2,(H,10,11). The molecule has 0 spiro atoms. The van der Waals surface area contributed by atoms with E-state index in [-0.39, 0.29) is 11.7 Å². The van der Waals surface area contributed by atoms with Gasteiger partial charge in [-0.05, 0) is 12.2 Å². The fraction of sp³-hybridized carbons (Fsp3) is 0.500. The van der Waals surface area contributed by atoms with Gasteiger partial charge >= 0.3 is 0 Å². The minimum atomic E-state index is -0.162. The van der Waals surface area contributed by atoms with Crippen molar-refractivity contribution >= 4 is 17.7 Å². The first-order chi connectivity index (χ1) is 6.36. The molecule has 0 bridgehead atoms. The van der Waals surface area contributed by atoms with Gasteiger partial charge in [0.25, 0.3) is 5.91 Å². The number of hydrogen-bond donors (Lipinski definition) is 1. The van der Waals surface area contributed by atoms with Crippen LogP contribution in [0.4, 0.5) is 0 Å². The number of amides is 1. The van der Waals surface area contributed by atoms with Crippen LogP contribution in [0.2, 0.25) is 0 Å². The number of carbonyl (C=O) groups excluding carboxylic acids is 1. The molecule has 1 unspecified atom stereocenters. The van der Waals surface area contributed by atoms with Crippen molar-refractivity contribution < 1.29 is 9.21 Å². The minimum absolute atomic E-state index is 0.162. The van der Waals surface area contributed by atoms with Crippen molar-refractivity contribution in [2.45, 2.75) is 12.5 Å². The van der Waals surface area contributed by atoms with Crippen LogP contribution in [-0.4, -0.2) is 28.4 Å². The van der Waals surface area contributed by atoms with Crippen LogP contribution in [0.3, 0.4) is 0 Å². The summed E-state index contributed by atoms with van der Waals surface area (Å²) in [6, 6.07) is 0.294. The van der Waals surface area contributed by atoms with E-state index < -0.39 is 0 Å². The number of carbonyl (C=O) groups is 1. The summed E-state index contributed by atoms with van der Waals surface area (Å²) >= 11 is 1.86. The maximum atomic E-state index is 11.4. The van der Waals surface area contributed by atoms with Gasteiger partial charge in [-0.3, -0.25) is 4.79 Å². The predicted molar refractivity (Wildman–Crippen MR) is 49.7 cm³/mol. The summed E-state index contributed by atoms with van der Waals surface area (Å²) in [4.78, 5) is 15.1. The van der Waals surface area contributed by atoms with Gasteiger partial charge in [0.2, 0.25) is 5.76 Å². The normalized spacial score (nSPS) is 21.7. The largest absolute Gasteiger partial charge is 0.438 e. The number of oxazole rings is 1. The van der Waals surface area contributed by atoms with Gasteiger partial charge in [0.1, 0.15) is 0 Å². The van der Waals surface area contributed by atoms with Crippen LogP contribution >= 0.6 is 11.8 Å². The highest BCUT2D eigenvalue weighted by atomic mass is 32.2. The molecule has 13 heavy (non-hydrogen) atoms. The molecule has 1 aliphatic rings. The zero-order valence-electron chi connectivity index (χ0n) is 7.03. The lowest BCUT2D eigenvalue weighted by Gasteiger charge is -2.08. The second-order valence-corrected chi connectivity index (χ2v) is 4.05. The molecule has 5 heteroatoms. The summed E-state index contributed by atoms with van der Waals surface area (Å²) in [5.41, 5.74) is 0. The van der Waals surface area contributed by atoms with Gasteiger partial charge in [-0.15, -0.1) is 0 Å². The predicted octanol–water partition coefficient (Wildman–Crippen LogP) is 0.910. The summed E-state index contributed by atoms with van der Waals surface area (Å²) < 4.78 is 4.88. The molecule has 1 aliphatic heterocycles. The van der Waals surface area contributed by atoms with Crippen molar-refractivity contribution in [3.05, 3.63) is 18.4 Å². The van der Waals surface area contributed by atoms with Crippen molar-refractivity contribution in [1.29, 1.82) is 0 Å². The number of nitrogens with one attached hydrogen (secondary N) is 1. The molecule has 0 saturated carbocycles. The second kappa shape index (κ2) is 3.83. The van der Waals surface area contributed by atoms with Crippen molar-refractivity contribution in [1.82, 2.24) is 10.3 Å². The lowest BCUT2D eigenvalue weighted by atomic mass is 10.2. The fourth-order valence-corrected chi connectivity index (χ4v) is 2.39. The minimum Gasteiger partial charge on any atom is -0.438 e. The molecule has 1 atom stereocenters. The van der Waals surface area contributed by atoms with E-state index in [0.717, 1.165) is 17.9 Å². The summed E-state index contributed by atoms with van der Waals surface area (Å²) in [5, 5.41) is 2.89. The lowest BCUT2D eigenvalue weighted by molar-refractivity contribution is 0.0913. The summed E-state index contributed by atoms with van der Waals surface area (Å²) in [6.45, 7) is 0. The Bertz CT molecular complexity index is 280. The van der Waals surface area contributed by atoms with E-state index in [1.165, 1.54) is 12.6 Å². The summed E-state index contributed by atoms with van der Waals surface area (Å²) in [5.74, 6) is 2.25. The highest BCUT2D eigenvalue weighted by molar-refractivity contribution is 7.99. The molecule has 0 radical (unpaired) electrons. The molecule has 70 valence electrons. The molecular formula is C8H10N2O2S. The molecule has 1 aromatic rings.